The first kappa shape index (κ1) is 13.6. The van der Waals surface area contributed by atoms with Crippen molar-refractivity contribution in [1.82, 2.24) is 10.6 Å². The van der Waals surface area contributed by atoms with E-state index >= 15 is 0 Å². The Hall–Kier alpha value is -1.49. The lowest BCUT2D eigenvalue weighted by Crippen LogP contribution is -2.39. The maximum absolute atomic E-state index is 13.3. The molecule has 1 rings (SSSR count). The summed E-state index contributed by atoms with van der Waals surface area (Å²) in [5.74, 6) is -1.36. The van der Waals surface area contributed by atoms with E-state index < -0.39 is 11.6 Å². The number of carbonyl (C=O) groups excluding carboxylic acids is 1. The Morgan fingerprint density at radius 3 is 2.47 bits per heavy atom. The van der Waals surface area contributed by atoms with Gasteiger partial charge in [0, 0.05) is 11.6 Å². The van der Waals surface area contributed by atoms with Gasteiger partial charge in [-0.3, -0.25) is 4.79 Å². The van der Waals surface area contributed by atoms with Gasteiger partial charge in [-0.15, -0.1) is 0 Å². The molecular formula is C12H16F2N2O. The Morgan fingerprint density at radius 2 is 1.94 bits per heavy atom. The number of likely N-dealkylation sites (N-methyl/N-ethyl adjacent to an activating group) is 1. The minimum absolute atomic E-state index is 0.00441. The smallest absolute Gasteiger partial charge is 0.234 e. The predicted molar refractivity (Wildman–Crippen MR) is 61.6 cm³/mol. The van der Waals surface area contributed by atoms with E-state index in [1.807, 2.05) is 0 Å². The van der Waals surface area contributed by atoms with E-state index in [-0.39, 0.29) is 30.5 Å². The molecule has 94 valence electrons. The Labute approximate surface area is 99.2 Å². The number of rotatable bonds is 5. The van der Waals surface area contributed by atoms with E-state index in [0.717, 1.165) is 0 Å². The fourth-order valence-corrected chi connectivity index (χ4v) is 1.57. The van der Waals surface area contributed by atoms with Crippen molar-refractivity contribution in [3.63, 3.8) is 0 Å². The molecule has 3 nitrogen and oxygen atoms in total. The largest absolute Gasteiger partial charge is 0.352 e. The quantitative estimate of drug-likeness (QED) is 0.815. The molecule has 0 aromatic heterocycles. The molecule has 2 N–H and O–H groups in total. The third kappa shape index (κ3) is 4.11. The highest BCUT2D eigenvalue weighted by Gasteiger charge is 2.13. The fourth-order valence-electron chi connectivity index (χ4n) is 1.57. The maximum atomic E-state index is 13.3. The van der Waals surface area contributed by atoms with Crippen LogP contribution >= 0.6 is 0 Å². The van der Waals surface area contributed by atoms with Crippen molar-refractivity contribution < 1.29 is 13.6 Å². The van der Waals surface area contributed by atoms with Gasteiger partial charge in [0.2, 0.25) is 5.91 Å². The maximum Gasteiger partial charge on any atom is 0.234 e. The highest BCUT2D eigenvalue weighted by molar-refractivity contribution is 5.78. The average molecular weight is 242 g/mol. The van der Waals surface area contributed by atoms with Gasteiger partial charge in [0.15, 0.2) is 0 Å². The van der Waals surface area contributed by atoms with Crippen molar-refractivity contribution in [1.29, 1.82) is 0 Å². The molecule has 17 heavy (non-hydrogen) atoms. The molecule has 1 atom stereocenters. The molecule has 1 amide bonds. The third-order valence-electron chi connectivity index (χ3n) is 2.32. The molecule has 0 heterocycles. The molecule has 1 aromatic carbocycles. The Balaban J connectivity index is 2.62. The normalized spacial score (nSPS) is 12.2. The number of halogens is 2. The summed E-state index contributed by atoms with van der Waals surface area (Å²) in [4.78, 5) is 11.3. The fraction of sp³-hybridized carbons (Fsp3) is 0.417. The second-order valence-electron chi connectivity index (χ2n) is 3.90. The number of nitrogens with one attached hydrogen (secondary N) is 2. The second kappa shape index (κ2) is 6.30. The lowest BCUT2D eigenvalue weighted by Gasteiger charge is -2.14. The van der Waals surface area contributed by atoms with Crippen LogP contribution < -0.4 is 10.6 Å². The number of hydrogen-bond acceptors (Lipinski definition) is 2. The molecule has 0 saturated carbocycles. The summed E-state index contributed by atoms with van der Waals surface area (Å²) >= 11 is 0. The van der Waals surface area contributed by atoms with E-state index in [2.05, 4.69) is 10.6 Å². The highest BCUT2D eigenvalue weighted by atomic mass is 19.1. The molecule has 0 aliphatic rings. The standard InChI is InChI=1S/C12H16F2N2O/c1-8(16-12(17)7-15-2)6-9-10(13)4-3-5-11(9)14/h3-5,8,15H,6-7H2,1-2H3,(H,16,17). The van der Waals surface area contributed by atoms with Crippen LogP contribution in [0.15, 0.2) is 18.2 Å². The monoisotopic (exact) mass is 242 g/mol. The van der Waals surface area contributed by atoms with Gasteiger partial charge in [-0.25, -0.2) is 8.78 Å². The summed E-state index contributed by atoms with van der Waals surface area (Å²) in [6.45, 7) is 1.89. The van der Waals surface area contributed by atoms with Gasteiger partial charge in [-0.05, 0) is 32.5 Å². The molecule has 1 aromatic rings. The van der Waals surface area contributed by atoms with Gasteiger partial charge in [0.1, 0.15) is 11.6 Å². The minimum Gasteiger partial charge on any atom is -0.352 e. The first-order chi connectivity index (χ1) is 8.04. The van der Waals surface area contributed by atoms with Crippen LogP contribution in [0, 0.1) is 11.6 Å². The van der Waals surface area contributed by atoms with Gasteiger partial charge < -0.3 is 10.6 Å². The van der Waals surface area contributed by atoms with E-state index in [9.17, 15) is 13.6 Å². The highest BCUT2D eigenvalue weighted by Crippen LogP contribution is 2.13. The summed E-state index contributed by atoms with van der Waals surface area (Å²) in [5, 5.41) is 5.35. The van der Waals surface area contributed by atoms with Crippen molar-refractivity contribution in [2.24, 2.45) is 0 Å². The first-order valence-corrected chi connectivity index (χ1v) is 5.41. The van der Waals surface area contributed by atoms with Crippen LogP contribution in [0.5, 0.6) is 0 Å². The summed E-state index contributed by atoms with van der Waals surface area (Å²) in [5.41, 5.74) is 0.00441. The zero-order valence-corrected chi connectivity index (χ0v) is 9.89. The van der Waals surface area contributed by atoms with Crippen LogP contribution in [-0.2, 0) is 11.2 Å². The Morgan fingerprint density at radius 1 is 1.35 bits per heavy atom. The number of benzene rings is 1. The summed E-state index contributed by atoms with van der Waals surface area (Å²) in [7, 11) is 1.65. The van der Waals surface area contributed by atoms with Crippen LogP contribution in [0.4, 0.5) is 8.78 Å². The van der Waals surface area contributed by atoms with Crippen LogP contribution in [0.3, 0.4) is 0 Å². The molecule has 0 saturated heterocycles. The molecule has 5 heteroatoms. The third-order valence-corrected chi connectivity index (χ3v) is 2.32. The second-order valence-corrected chi connectivity index (χ2v) is 3.90. The van der Waals surface area contributed by atoms with Crippen molar-refractivity contribution in [2.45, 2.75) is 19.4 Å². The summed E-state index contributed by atoms with van der Waals surface area (Å²) < 4.78 is 26.7. The van der Waals surface area contributed by atoms with Crippen LogP contribution in [0.25, 0.3) is 0 Å². The zero-order chi connectivity index (χ0) is 12.8. The van der Waals surface area contributed by atoms with Gasteiger partial charge >= 0.3 is 0 Å². The number of hydrogen-bond donors (Lipinski definition) is 2. The molecule has 1 unspecified atom stereocenters. The van der Waals surface area contributed by atoms with Crippen LogP contribution in [0.1, 0.15) is 12.5 Å². The topological polar surface area (TPSA) is 41.1 Å². The SMILES string of the molecule is CNCC(=O)NC(C)Cc1c(F)cccc1F. The molecule has 0 radical (unpaired) electrons. The Bertz CT molecular complexity index is 376. The predicted octanol–water partition coefficient (Wildman–Crippen LogP) is 1.23. The summed E-state index contributed by atoms with van der Waals surface area (Å²) in [6, 6.07) is 3.42. The molecule has 0 aliphatic heterocycles. The van der Waals surface area contributed by atoms with Gasteiger partial charge in [0.25, 0.3) is 0 Å². The molecule has 0 spiro atoms. The van der Waals surface area contributed by atoms with Gasteiger partial charge in [0.05, 0.1) is 6.54 Å². The Kier molecular flexibility index (Phi) is 5.03. The summed E-state index contributed by atoms with van der Waals surface area (Å²) in [6.07, 6.45) is 0.133. The van der Waals surface area contributed by atoms with Gasteiger partial charge in [-0.1, -0.05) is 6.07 Å². The molecule has 0 bridgehead atoms. The van der Waals surface area contributed by atoms with E-state index in [0.29, 0.717) is 0 Å². The molecular weight excluding hydrogens is 226 g/mol. The van der Waals surface area contributed by atoms with Crippen molar-refractivity contribution in [2.75, 3.05) is 13.6 Å². The molecule has 0 aliphatic carbocycles. The van der Waals surface area contributed by atoms with Crippen molar-refractivity contribution in [3.8, 4) is 0 Å². The van der Waals surface area contributed by atoms with Gasteiger partial charge in [-0.2, -0.15) is 0 Å². The lowest BCUT2D eigenvalue weighted by molar-refractivity contribution is -0.120. The number of amides is 1. The van der Waals surface area contributed by atoms with Crippen molar-refractivity contribution >= 4 is 5.91 Å². The van der Waals surface area contributed by atoms with Crippen LogP contribution in [-0.4, -0.2) is 25.5 Å². The van der Waals surface area contributed by atoms with Crippen LogP contribution in [0.2, 0.25) is 0 Å². The number of carbonyl (C=O) groups is 1. The van der Waals surface area contributed by atoms with E-state index in [1.54, 1.807) is 14.0 Å². The first-order valence-electron chi connectivity index (χ1n) is 5.41. The zero-order valence-electron chi connectivity index (χ0n) is 9.89. The lowest BCUT2D eigenvalue weighted by atomic mass is 10.1. The minimum atomic E-state index is -0.584. The van der Waals surface area contributed by atoms with E-state index in [1.165, 1.54) is 18.2 Å². The van der Waals surface area contributed by atoms with Crippen molar-refractivity contribution in [3.05, 3.63) is 35.4 Å². The molecule has 0 fully saturated rings. The van der Waals surface area contributed by atoms with E-state index in [4.69, 9.17) is 0 Å². The average Bonchev–Trinajstić information content (AvgIpc) is 2.24.